The van der Waals surface area contributed by atoms with Gasteiger partial charge in [0.25, 0.3) is 0 Å². The van der Waals surface area contributed by atoms with Crippen LogP contribution >= 0.6 is 0 Å². The molecule has 0 N–H and O–H groups in total. The van der Waals surface area contributed by atoms with Crippen molar-refractivity contribution in [3.05, 3.63) is 41.5 Å². The van der Waals surface area contributed by atoms with E-state index in [9.17, 15) is 0 Å². The van der Waals surface area contributed by atoms with E-state index in [0.29, 0.717) is 12.4 Å². The Hall–Kier alpha value is -1.88. The molecule has 1 unspecified atom stereocenters. The molecule has 0 bridgehead atoms. The van der Waals surface area contributed by atoms with Gasteiger partial charge in [-0.2, -0.15) is 4.98 Å². The highest BCUT2D eigenvalue weighted by molar-refractivity contribution is 5.35. The highest BCUT2D eigenvalue weighted by atomic mass is 16.5. The quantitative estimate of drug-likeness (QED) is 0.845. The Morgan fingerprint density at radius 1 is 1.27 bits per heavy atom. The Morgan fingerprint density at radius 3 is 2.55 bits per heavy atom. The molecule has 0 saturated heterocycles. The van der Waals surface area contributed by atoms with Crippen LogP contribution in [0.25, 0.3) is 0 Å². The van der Waals surface area contributed by atoms with E-state index in [1.54, 1.807) is 7.11 Å². The number of para-hydroxylation sites is 1. The number of methoxy groups -OCH3 is 1. The molecule has 0 aliphatic heterocycles. The van der Waals surface area contributed by atoms with Crippen molar-refractivity contribution in [3.8, 4) is 5.75 Å². The van der Waals surface area contributed by atoms with Crippen LogP contribution in [0.15, 0.2) is 28.8 Å². The number of benzene rings is 1. The minimum atomic E-state index is -0.103. The molecule has 22 heavy (non-hydrogen) atoms. The van der Waals surface area contributed by atoms with Crippen LogP contribution in [0.3, 0.4) is 0 Å². The molecule has 2 aromatic rings. The number of ether oxygens (including phenoxy) is 1. The Labute approximate surface area is 132 Å². The van der Waals surface area contributed by atoms with E-state index in [-0.39, 0.29) is 11.5 Å². The lowest BCUT2D eigenvalue weighted by Gasteiger charge is -2.24. The van der Waals surface area contributed by atoms with Gasteiger partial charge >= 0.3 is 0 Å². The second-order valence-electron chi connectivity index (χ2n) is 6.59. The Balaban J connectivity index is 2.11. The van der Waals surface area contributed by atoms with Crippen molar-refractivity contribution in [2.75, 3.05) is 14.2 Å². The second-order valence-corrected chi connectivity index (χ2v) is 6.59. The summed E-state index contributed by atoms with van der Waals surface area (Å²) < 4.78 is 10.8. The molecule has 0 spiro atoms. The van der Waals surface area contributed by atoms with Crippen LogP contribution in [0.5, 0.6) is 5.75 Å². The minimum absolute atomic E-state index is 0.103. The zero-order valence-corrected chi connectivity index (χ0v) is 14.3. The summed E-state index contributed by atoms with van der Waals surface area (Å²) in [6.45, 7) is 8.95. The molecule has 120 valence electrons. The molecule has 0 fully saturated rings. The Kier molecular flexibility index (Phi) is 4.86. The van der Waals surface area contributed by atoms with Crippen LogP contribution in [0.2, 0.25) is 0 Å². The lowest BCUT2D eigenvalue weighted by molar-refractivity contribution is 0.212. The maximum atomic E-state index is 5.44. The first-order valence-electron chi connectivity index (χ1n) is 7.49. The smallest absolute Gasteiger partial charge is 0.240 e. The van der Waals surface area contributed by atoms with Crippen molar-refractivity contribution < 1.29 is 9.26 Å². The Morgan fingerprint density at radius 2 is 1.95 bits per heavy atom. The van der Waals surface area contributed by atoms with Crippen LogP contribution in [0.1, 0.15) is 51.0 Å². The average molecular weight is 303 g/mol. The topological polar surface area (TPSA) is 51.4 Å². The molecule has 2 rings (SSSR count). The average Bonchev–Trinajstić information content (AvgIpc) is 2.95. The summed E-state index contributed by atoms with van der Waals surface area (Å²) in [6.07, 6.45) is 0. The third-order valence-electron chi connectivity index (χ3n) is 3.77. The van der Waals surface area contributed by atoms with Crippen molar-refractivity contribution in [2.24, 2.45) is 0 Å². The van der Waals surface area contributed by atoms with E-state index in [1.807, 2.05) is 25.2 Å². The maximum Gasteiger partial charge on any atom is 0.240 e. The van der Waals surface area contributed by atoms with E-state index in [2.05, 4.69) is 48.8 Å². The SMILES string of the molecule is COc1ccccc1C(C)N(C)Cc1nc(C(C)(C)C)no1. The molecule has 0 saturated carbocycles. The van der Waals surface area contributed by atoms with Crippen LogP contribution in [0, 0.1) is 0 Å². The van der Waals surface area contributed by atoms with Gasteiger partial charge in [0.15, 0.2) is 5.82 Å². The summed E-state index contributed by atoms with van der Waals surface area (Å²) in [6, 6.07) is 8.23. The van der Waals surface area contributed by atoms with Crippen molar-refractivity contribution in [1.82, 2.24) is 15.0 Å². The summed E-state index contributed by atoms with van der Waals surface area (Å²) in [7, 11) is 3.73. The molecular formula is C17H25N3O2. The normalized spacial score (nSPS) is 13.4. The fourth-order valence-corrected chi connectivity index (χ4v) is 2.22. The van der Waals surface area contributed by atoms with Crippen LogP contribution in [-0.2, 0) is 12.0 Å². The fourth-order valence-electron chi connectivity index (χ4n) is 2.22. The highest BCUT2D eigenvalue weighted by Gasteiger charge is 2.23. The predicted molar refractivity (Wildman–Crippen MR) is 85.9 cm³/mol. The van der Waals surface area contributed by atoms with E-state index >= 15 is 0 Å². The molecule has 0 aliphatic rings. The summed E-state index contributed by atoms with van der Waals surface area (Å²) in [4.78, 5) is 6.65. The molecule has 1 aromatic heterocycles. The standard InChI is InChI=1S/C17H25N3O2/c1-12(13-9-7-8-10-14(13)21-6)20(5)11-15-18-16(19-22-15)17(2,3)4/h7-10,12H,11H2,1-6H3. The second kappa shape index (κ2) is 6.48. The zero-order valence-electron chi connectivity index (χ0n) is 14.3. The molecule has 0 amide bonds. The van der Waals surface area contributed by atoms with E-state index in [1.165, 1.54) is 0 Å². The van der Waals surface area contributed by atoms with Gasteiger partial charge in [-0.3, -0.25) is 4.90 Å². The van der Waals surface area contributed by atoms with E-state index < -0.39 is 0 Å². The molecule has 5 nitrogen and oxygen atoms in total. The van der Waals surface area contributed by atoms with Crippen LogP contribution < -0.4 is 4.74 Å². The molecule has 0 aliphatic carbocycles. The first kappa shape index (κ1) is 16.5. The first-order valence-corrected chi connectivity index (χ1v) is 7.49. The van der Waals surface area contributed by atoms with Gasteiger partial charge in [0.05, 0.1) is 13.7 Å². The Bertz CT molecular complexity index is 616. The number of aromatic nitrogens is 2. The lowest BCUT2D eigenvalue weighted by Crippen LogP contribution is -2.22. The predicted octanol–water partition coefficient (Wildman–Crippen LogP) is 3.57. The van der Waals surface area contributed by atoms with Crippen molar-refractivity contribution in [1.29, 1.82) is 0 Å². The van der Waals surface area contributed by atoms with Crippen molar-refractivity contribution in [3.63, 3.8) is 0 Å². The molecular weight excluding hydrogens is 278 g/mol. The molecule has 1 aromatic carbocycles. The van der Waals surface area contributed by atoms with Gasteiger partial charge in [0.1, 0.15) is 5.75 Å². The van der Waals surface area contributed by atoms with Crippen molar-refractivity contribution >= 4 is 0 Å². The van der Waals surface area contributed by atoms with Gasteiger partial charge in [-0.15, -0.1) is 0 Å². The third-order valence-corrected chi connectivity index (χ3v) is 3.77. The van der Waals surface area contributed by atoms with E-state index in [0.717, 1.165) is 17.1 Å². The molecule has 1 heterocycles. The fraction of sp³-hybridized carbons (Fsp3) is 0.529. The molecule has 1 atom stereocenters. The van der Waals surface area contributed by atoms with Crippen molar-refractivity contribution in [2.45, 2.75) is 45.7 Å². The number of nitrogens with zero attached hydrogens (tertiary/aromatic N) is 3. The van der Waals surface area contributed by atoms with Gasteiger partial charge in [-0.25, -0.2) is 0 Å². The monoisotopic (exact) mass is 303 g/mol. The number of hydrogen-bond acceptors (Lipinski definition) is 5. The summed E-state index contributed by atoms with van der Waals surface area (Å²) in [5.41, 5.74) is 1.04. The number of rotatable bonds is 5. The lowest BCUT2D eigenvalue weighted by atomic mass is 9.96. The summed E-state index contributed by atoms with van der Waals surface area (Å²) in [5.74, 6) is 2.26. The van der Waals surface area contributed by atoms with E-state index in [4.69, 9.17) is 9.26 Å². The van der Waals surface area contributed by atoms with Gasteiger partial charge in [-0.05, 0) is 20.0 Å². The third kappa shape index (κ3) is 3.65. The summed E-state index contributed by atoms with van der Waals surface area (Å²) in [5, 5.41) is 4.07. The van der Waals surface area contributed by atoms with Gasteiger partial charge in [0.2, 0.25) is 5.89 Å². The molecule has 0 radical (unpaired) electrons. The highest BCUT2D eigenvalue weighted by Crippen LogP contribution is 2.29. The number of hydrogen-bond donors (Lipinski definition) is 0. The zero-order chi connectivity index (χ0) is 16.3. The largest absolute Gasteiger partial charge is 0.496 e. The van der Waals surface area contributed by atoms with Crippen LogP contribution in [-0.4, -0.2) is 29.2 Å². The van der Waals surface area contributed by atoms with Gasteiger partial charge in [-0.1, -0.05) is 44.1 Å². The van der Waals surface area contributed by atoms with Crippen LogP contribution in [0.4, 0.5) is 0 Å². The maximum absolute atomic E-state index is 5.44. The summed E-state index contributed by atoms with van der Waals surface area (Å²) >= 11 is 0. The minimum Gasteiger partial charge on any atom is -0.496 e. The first-order chi connectivity index (χ1) is 10.3. The molecule has 5 heteroatoms. The van der Waals surface area contributed by atoms with Gasteiger partial charge < -0.3 is 9.26 Å². The van der Waals surface area contributed by atoms with Gasteiger partial charge in [0, 0.05) is 17.0 Å².